The topological polar surface area (TPSA) is 61.8 Å². The lowest BCUT2D eigenvalue weighted by Crippen LogP contribution is -2.00. The van der Waals surface area contributed by atoms with E-state index in [2.05, 4.69) is 0 Å². The molecule has 0 aromatic carbocycles. The molecular weight excluding hydrogens is 219 g/mol. The van der Waals surface area contributed by atoms with Gasteiger partial charge >= 0.3 is 7.82 Å². The Kier molecular flexibility index (Phi) is 6.48. The summed E-state index contributed by atoms with van der Waals surface area (Å²) in [5.74, 6) is 0.0276. The van der Waals surface area contributed by atoms with E-state index in [1.165, 1.54) is 19.9 Å². The van der Waals surface area contributed by atoms with Gasteiger partial charge in [-0.15, -0.1) is 0 Å². The molecule has 0 amide bonds. The van der Waals surface area contributed by atoms with Crippen molar-refractivity contribution in [1.29, 1.82) is 0 Å². The Morgan fingerprint density at radius 2 is 1.67 bits per heavy atom. The number of hydrogen-bond acceptors (Lipinski definition) is 5. The first-order chi connectivity index (χ1) is 6.93. The van der Waals surface area contributed by atoms with Crippen LogP contribution in [0.4, 0.5) is 0 Å². The smallest absolute Gasteiger partial charge is 0.409 e. The molecule has 0 saturated carbocycles. The van der Waals surface area contributed by atoms with Crippen molar-refractivity contribution in [1.82, 2.24) is 0 Å². The highest BCUT2D eigenvalue weighted by molar-refractivity contribution is 7.48. The zero-order valence-corrected chi connectivity index (χ0v) is 10.4. The fourth-order valence-electron chi connectivity index (χ4n) is 0.895. The molecule has 0 aromatic rings. The van der Waals surface area contributed by atoms with E-state index in [1.807, 2.05) is 0 Å². The standard InChI is InChI=1S/C9H17O5P/c1-5-12-15(11,13-6-2)14-9(4)7-8(3)10/h7H,5-6H2,1-4H3/b9-7-. The molecule has 5 nitrogen and oxygen atoms in total. The van der Waals surface area contributed by atoms with E-state index < -0.39 is 7.82 Å². The van der Waals surface area contributed by atoms with Crippen LogP contribution in [-0.4, -0.2) is 19.0 Å². The van der Waals surface area contributed by atoms with Crippen molar-refractivity contribution in [2.75, 3.05) is 13.2 Å². The number of carbonyl (C=O) groups is 1. The summed E-state index contributed by atoms with van der Waals surface area (Å²) in [4.78, 5) is 10.7. The van der Waals surface area contributed by atoms with Gasteiger partial charge in [0.1, 0.15) is 5.76 Å². The molecule has 0 aliphatic rings. The summed E-state index contributed by atoms with van der Waals surface area (Å²) in [5, 5.41) is 0. The Morgan fingerprint density at radius 3 is 2.00 bits per heavy atom. The predicted octanol–water partition coefficient (Wildman–Crippen LogP) is 2.68. The zero-order chi connectivity index (χ0) is 11.9. The van der Waals surface area contributed by atoms with Gasteiger partial charge in [-0.25, -0.2) is 4.57 Å². The first-order valence-electron chi connectivity index (χ1n) is 4.71. The maximum absolute atomic E-state index is 11.8. The van der Waals surface area contributed by atoms with Crippen molar-refractivity contribution in [2.45, 2.75) is 27.7 Å². The van der Waals surface area contributed by atoms with Crippen molar-refractivity contribution >= 4 is 13.6 Å². The van der Waals surface area contributed by atoms with Gasteiger partial charge in [0.2, 0.25) is 0 Å². The van der Waals surface area contributed by atoms with Gasteiger partial charge in [0, 0.05) is 6.08 Å². The second kappa shape index (κ2) is 6.77. The number of allylic oxidation sites excluding steroid dienone is 2. The molecule has 0 unspecified atom stereocenters. The summed E-state index contributed by atoms with van der Waals surface area (Å²) in [6.45, 7) is 6.68. The van der Waals surface area contributed by atoms with Gasteiger partial charge < -0.3 is 4.52 Å². The summed E-state index contributed by atoms with van der Waals surface area (Å²) >= 11 is 0. The largest absolute Gasteiger partial charge is 0.529 e. The molecule has 0 atom stereocenters. The van der Waals surface area contributed by atoms with Crippen LogP contribution >= 0.6 is 7.82 Å². The van der Waals surface area contributed by atoms with E-state index in [-0.39, 0.29) is 24.8 Å². The fourth-order valence-corrected chi connectivity index (χ4v) is 2.11. The Labute approximate surface area is 90.0 Å². The van der Waals surface area contributed by atoms with Crippen LogP contribution < -0.4 is 0 Å². The van der Waals surface area contributed by atoms with Gasteiger partial charge in [0.25, 0.3) is 0 Å². The second-order valence-corrected chi connectivity index (χ2v) is 4.33. The van der Waals surface area contributed by atoms with Gasteiger partial charge in [0.05, 0.1) is 13.2 Å². The van der Waals surface area contributed by atoms with Crippen LogP contribution in [0, 0.1) is 0 Å². The van der Waals surface area contributed by atoms with Crippen LogP contribution in [0.15, 0.2) is 11.8 Å². The van der Waals surface area contributed by atoms with Crippen molar-refractivity contribution in [3.8, 4) is 0 Å². The molecule has 0 N–H and O–H groups in total. The van der Waals surface area contributed by atoms with Crippen LogP contribution in [0.5, 0.6) is 0 Å². The molecule has 0 fully saturated rings. The summed E-state index contributed by atoms with van der Waals surface area (Å²) in [7, 11) is -3.55. The maximum Gasteiger partial charge on any atom is 0.529 e. The molecule has 88 valence electrons. The fraction of sp³-hybridized carbons (Fsp3) is 0.667. The third-order valence-corrected chi connectivity index (χ3v) is 2.90. The summed E-state index contributed by atoms with van der Waals surface area (Å²) in [5.41, 5.74) is 0. The average Bonchev–Trinajstić information content (AvgIpc) is 2.01. The van der Waals surface area contributed by atoms with Crippen molar-refractivity contribution < 1.29 is 22.9 Å². The Hall–Kier alpha value is -0.640. The minimum absolute atomic E-state index is 0.188. The number of phosphoric ester groups is 1. The SMILES string of the molecule is CCOP(=O)(OCC)O/C(C)=C\C(C)=O. The van der Waals surface area contributed by atoms with Crippen molar-refractivity contribution in [3.63, 3.8) is 0 Å². The van der Waals surface area contributed by atoms with E-state index in [4.69, 9.17) is 13.6 Å². The number of hydrogen-bond donors (Lipinski definition) is 0. The molecule has 0 saturated heterocycles. The average molecular weight is 236 g/mol. The summed E-state index contributed by atoms with van der Waals surface area (Å²) in [6.07, 6.45) is 1.23. The van der Waals surface area contributed by atoms with E-state index in [0.717, 1.165) is 0 Å². The third-order valence-electron chi connectivity index (χ3n) is 1.24. The van der Waals surface area contributed by atoms with Gasteiger partial charge in [-0.3, -0.25) is 13.8 Å². The lowest BCUT2D eigenvalue weighted by molar-refractivity contribution is -0.112. The first-order valence-corrected chi connectivity index (χ1v) is 6.17. The van der Waals surface area contributed by atoms with Gasteiger partial charge in [-0.2, -0.15) is 0 Å². The molecular formula is C9H17O5P. The number of phosphoric acid groups is 1. The molecule has 0 radical (unpaired) electrons. The Bertz CT molecular complexity index is 274. The molecule has 6 heteroatoms. The van der Waals surface area contributed by atoms with E-state index in [0.29, 0.717) is 0 Å². The van der Waals surface area contributed by atoms with Crippen LogP contribution in [-0.2, 0) is 22.9 Å². The lowest BCUT2D eigenvalue weighted by Gasteiger charge is -2.16. The normalized spacial score (nSPS) is 12.7. The van der Waals surface area contributed by atoms with E-state index in [1.54, 1.807) is 13.8 Å². The van der Waals surface area contributed by atoms with E-state index in [9.17, 15) is 9.36 Å². The second-order valence-electron chi connectivity index (χ2n) is 2.74. The van der Waals surface area contributed by atoms with Crippen molar-refractivity contribution in [3.05, 3.63) is 11.8 Å². The monoisotopic (exact) mass is 236 g/mol. The highest BCUT2D eigenvalue weighted by Gasteiger charge is 2.27. The first kappa shape index (κ1) is 14.4. The maximum atomic E-state index is 11.8. The van der Waals surface area contributed by atoms with Crippen LogP contribution in [0.3, 0.4) is 0 Å². The van der Waals surface area contributed by atoms with Crippen molar-refractivity contribution in [2.24, 2.45) is 0 Å². The quantitative estimate of drug-likeness (QED) is 0.386. The molecule has 0 aliphatic carbocycles. The Balaban J connectivity index is 4.54. The number of rotatable bonds is 7. The molecule has 0 rings (SSSR count). The lowest BCUT2D eigenvalue weighted by atomic mass is 10.4. The Morgan fingerprint density at radius 1 is 1.20 bits per heavy atom. The van der Waals surface area contributed by atoms with Gasteiger partial charge in [0.15, 0.2) is 5.78 Å². The molecule has 0 aliphatic heterocycles. The van der Waals surface area contributed by atoms with E-state index >= 15 is 0 Å². The molecule has 0 bridgehead atoms. The molecule has 0 heterocycles. The predicted molar refractivity (Wildman–Crippen MR) is 56.4 cm³/mol. The zero-order valence-electron chi connectivity index (χ0n) is 9.48. The highest BCUT2D eigenvalue weighted by Crippen LogP contribution is 2.50. The van der Waals surface area contributed by atoms with Crippen LogP contribution in [0.25, 0.3) is 0 Å². The van der Waals surface area contributed by atoms with Gasteiger partial charge in [-0.05, 0) is 27.7 Å². The van der Waals surface area contributed by atoms with Gasteiger partial charge in [-0.1, -0.05) is 0 Å². The third kappa shape index (κ3) is 6.44. The molecule has 0 aromatic heterocycles. The highest BCUT2D eigenvalue weighted by atomic mass is 31.2. The minimum Gasteiger partial charge on any atom is -0.409 e. The van der Waals surface area contributed by atoms with Crippen LogP contribution in [0.2, 0.25) is 0 Å². The molecule has 15 heavy (non-hydrogen) atoms. The number of carbonyl (C=O) groups excluding carboxylic acids is 1. The van der Waals surface area contributed by atoms with Crippen LogP contribution in [0.1, 0.15) is 27.7 Å². The minimum atomic E-state index is -3.55. The summed E-state index contributed by atoms with van der Waals surface area (Å²) < 4.78 is 26.5. The number of ketones is 1. The molecule has 0 spiro atoms. The summed E-state index contributed by atoms with van der Waals surface area (Å²) in [6, 6.07) is 0.